The third-order valence-electron chi connectivity index (χ3n) is 5.14. The van der Waals surface area contributed by atoms with Crippen molar-refractivity contribution in [1.82, 2.24) is 0 Å². The van der Waals surface area contributed by atoms with E-state index >= 15 is 0 Å². The second-order valence-corrected chi connectivity index (χ2v) is 9.81. The zero-order chi connectivity index (χ0) is 19.7. The quantitative estimate of drug-likeness (QED) is 0.703. The zero-order valence-electron chi connectivity index (χ0n) is 15.9. The molecule has 2 unspecified atom stereocenters. The van der Waals surface area contributed by atoms with Crippen molar-refractivity contribution in [2.75, 3.05) is 14.2 Å². The number of benzene rings is 2. The first-order valence-electron chi connectivity index (χ1n) is 9.12. The number of aliphatic hydroxyl groups is 1. The number of rotatable bonds is 6. The van der Waals surface area contributed by atoms with Gasteiger partial charge in [-0.3, -0.25) is 8.37 Å². The van der Waals surface area contributed by atoms with E-state index in [0.29, 0.717) is 12.2 Å². The van der Waals surface area contributed by atoms with E-state index in [1.165, 1.54) is 0 Å². The summed E-state index contributed by atoms with van der Waals surface area (Å²) in [6, 6.07) is 19.5. The molecule has 0 amide bonds. The largest absolute Gasteiger partial charge is 0.458 e. The first-order valence-corrected chi connectivity index (χ1v) is 10.6. The van der Waals surface area contributed by atoms with Crippen LogP contribution < -0.4 is 4.74 Å². The molecular weight excluding hydrogens is 372 g/mol. The van der Waals surface area contributed by atoms with Crippen molar-refractivity contribution in [2.45, 2.75) is 21.7 Å². The van der Waals surface area contributed by atoms with Gasteiger partial charge in [0.2, 0.25) is 0 Å². The molecule has 2 bridgehead atoms. The molecular formula is C23H24O4S. The average molecular weight is 397 g/mol. The molecule has 0 saturated heterocycles. The first kappa shape index (κ1) is 19.0. The molecule has 2 aromatic carbocycles. The highest BCUT2D eigenvalue weighted by atomic mass is 32.3. The van der Waals surface area contributed by atoms with Gasteiger partial charge in [0.15, 0.2) is 0 Å². The van der Waals surface area contributed by atoms with Gasteiger partial charge >= 0.3 is 0 Å². The van der Waals surface area contributed by atoms with Crippen LogP contribution in [-0.2, 0) is 8.37 Å². The lowest BCUT2D eigenvalue weighted by molar-refractivity contribution is 0.134. The van der Waals surface area contributed by atoms with E-state index in [2.05, 4.69) is 0 Å². The molecule has 0 spiro atoms. The lowest BCUT2D eigenvalue weighted by Gasteiger charge is -2.52. The Balaban J connectivity index is 1.76. The Bertz CT molecular complexity index is 918. The van der Waals surface area contributed by atoms with Gasteiger partial charge in [-0.1, -0.05) is 54.6 Å². The molecule has 0 saturated carbocycles. The monoisotopic (exact) mass is 396 g/mol. The Morgan fingerprint density at radius 3 is 2.14 bits per heavy atom. The summed E-state index contributed by atoms with van der Waals surface area (Å²) >= 11 is 0. The van der Waals surface area contributed by atoms with Crippen LogP contribution in [0.5, 0.6) is 5.75 Å². The fourth-order valence-electron chi connectivity index (χ4n) is 3.93. The van der Waals surface area contributed by atoms with Crippen LogP contribution in [0.3, 0.4) is 0 Å². The maximum absolute atomic E-state index is 11.2. The van der Waals surface area contributed by atoms with Crippen molar-refractivity contribution < 1.29 is 18.2 Å². The Labute approximate surface area is 167 Å². The number of hydrogen-bond donors (Lipinski definition) is 1. The second-order valence-electron chi connectivity index (χ2n) is 6.90. The maximum Gasteiger partial charge on any atom is 0.127 e. The molecule has 1 N–H and O–H groups in total. The van der Waals surface area contributed by atoms with Gasteiger partial charge in [0.1, 0.15) is 21.9 Å². The molecule has 2 atom stereocenters. The van der Waals surface area contributed by atoms with E-state index in [1.54, 1.807) is 20.3 Å². The lowest BCUT2D eigenvalue weighted by atomic mass is 10.00. The summed E-state index contributed by atoms with van der Waals surface area (Å²) in [5.41, 5.74) is -1.14. The van der Waals surface area contributed by atoms with E-state index < -0.39 is 20.9 Å². The normalized spacial score (nSPS) is 26.6. The molecule has 0 heterocycles. The average Bonchev–Trinajstić information content (AvgIpc) is 2.99. The molecule has 0 radical (unpaired) electrons. The number of ether oxygens (including phenoxy) is 1. The van der Waals surface area contributed by atoms with Crippen LogP contribution in [0.1, 0.15) is 6.42 Å². The van der Waals surface area contributed by atoms with Gasteiger partial charge in [-0.25, -0.2) is 0 Å². The minimum Gasteiger partial charge on any atom is -0.458 e. The topological polar surface area (TPSA) is 47.9 Å². The summed E-state index contributed by atoms with van der Waals surface area (Å²) in [6.45, 7) is 0. The SMILES string of the molecule is COS(OC)(c1ccccc1)C12C=CC(Oc3ccccc3)=CC(O)(C=C1)C2. The molecule has 0 aromatic heterocycles. The van der Waals surface area contributed by atoms with E-state index in [4.69, 9.17) is 13.1 Å². The van der Waals surface area contributed by atoms with Crippen molar-refractivity contribution in [2.24, 2.45) is 0 Å². The fraction of sp³-hybridized carbons (Fsp3) is 0.217. The summed E-state index contributed by atoms with van der Waals surface area (Å²) in [5.74, 6) is 1.31. The van der Waals surface area contributed by atoms with Crippen molar-refractivity contribution in [3.63, 3.8) is 0 Å². The highest BCUT2D eigenvalue weighted by Crippen LogP contribution is 2.71. The number of allylic oxidation sites excluding steroid dienone is 1. The predicted molar refractivity (Wildman–Crippen MR) is 112 cm³/mol. The van der Waals surface area contributed by atoms with Gasteiger partial charge in [-0.05, 0) is 36.4 Å². The third kappa shape index (κ3) is 3.10. The van der Waals surface area contributed by atoms with Crippen molar-refractivity contribution in [1.29, 1.82) is 0 Å². The Kier molecular flexibility index (Phi) is 4.93. The highest BCUT2D eigenvalue weighted by molar-refractivity contribution is 8.27. The van der Waals surface area contributed by atoms with E-state index in [0.717, 1.165) is 10.6 Å². The molecule has 2 aliphatic rings. The van der Waals surface area contributed by atoms with Gasteiger partial charge in [0.25, 0.3) is 0 Å². The van der Waals surface area contributed by atoms with Gasteiger partial charge in [0, 0.05) is 6.42 Å². The van der Waals surface area contributed by atoms with Gasteiger partial charge in [-0.15, -0.1) is 0 Å². The van der Waals surface area contributed by atoms with Gasteiger partial charge in [0.05, 0.1) is 19.1 Å². The van der Waals surface area contributed by atoms with E-state index in [1.807, 2.05) is 85.0 Å². The van der Waals surface area contributed by atoms with Crippen LogP contribution in [0.4, 0.5) is 0 Å². The molecule has 4 nitrogen and oxygen atoms in total. The first-order chi connectivity index (χ1) is 13.5. The minimum absolute atomic E-state index is 0.421. The minimum atomic E-state index is -2.20. The number of hydrogen-bond acceptors (Lipinski definition) is 4. The van der Waals surface area contributed by atoms with Crippen molar-refractivity contribution in [3.8, 4) is 5.75 Å². The van der Waals surface area contributed by atoms with Crippen molar-refractivity contribution in [3.05, 3.63) is 96.8 Å². The molecule has 2 aromatic rings. The van der Waals surface area contributed by atoms with Crippen LogP contribution in [0.25, 0.3) is 0 Å². The molecule has 28 heavy (non-hydrogen) atoms. The summed E-state index contributed by atoms with van der Waals surface area (Å²) in [6.07, 6.45) is 9.93. The number of fused-ring (bicyclic) bond motifs is 2. The third-order valence-corrected chi connectivity index (χ3v) is 8.39. The fourth-order valence-corrected chi connectivity index (χ4v) is 6.94. The predicted octanol–water partition coefficient (Wildman–Crippen LogP) is 4.94. The van der Waals surface area contributed by atoms with Crippen LogP contribution in [-0.4, -0.2) is 29.7 Å². The Hall–Kier alpha value is -2.31. The standard InChI is InChI=1S/C23H24O4S/c1-25-28(26-2,21-11-7-4-8-12-21)23-14-13-20(17-22(24,18-23)15-16-23)27-19-9-5-3-6-10-19/h3-17,24H,18H2,1-2H3. The molecule has 0 fully saturated rings. The van der Waals surface area contributed by atoms with Gasteiger partial charge in [-0.2, -0.15) is 10.6 Å². The molecule has 146 valence electrons. The van der Waals surface area contributed by atoms with Crippen LogP contribution in [0.2, 0.25) is 0 Å². The summed E-state index contributed by atoms with van der Waals surface area (Å²) in [5, 5.41) is 11.2. The molecule has 4 rings (SSSR count). The molecule has 5 heteroatoms. The summed E-state index contributed by atoms with van der Waals surface area (Å²) in [7, 11) is 1.13. The maximum atomic E-state index is 11.2. The van der Waals surface area contributed by atoms with E-state index in [9.17, 15) is 5.11 Å². The molecule has 2 aliphatic carbocycles. The van der Waals surface area contributed by atoms with Crippen molar-refractivity contribution >= 4 is 10.6 Å². The highest BCUT2D eigenvalue weighted by Gasteiger charge is 2.52. The van der Waals surface area contributed by atoms with E-state index in [-0.39, 0.29) is 0 Å². The molecule has 0 aliphatic heterocycles. The summed E-state index contributed by atoms with van der Waals surface area (Å²) < 4.78 is 17.5. The zero-order valence-corrected chi connectivity index (χ0v) is 16.8. The Morgan fingerprint density at radius 1 is 0.857 bits per heavy atom. The van der Waals surface area contributed by atoms with Gasteiger partial charge < -0.3 is 9.84 Å². The van der Waals surface area contributed by atoms with Crippen LogP contribution in [0, 0.1) is 0 Å². The lowest BCUT2D eigenvalue weighted by Crippen LogP contribution is -2.36. The van der Waals surface area contributed by atoms with Crippen LogP contribution in [0.15, 0.2) is 102 Å². The smallest absolute Gasteiger partial charge is 0.127 e. The number of para-hydroxylation sites is 1. The second kappa shape index (κ2) is 7.26. The Morgan fingerprint density at radius 2 is 1.50 bits per heavy atom. The summed E-state index contributed by atoms with van der Waals surface area (Å²) in [4.78, 5) is 0.964. The van der Waals surface area contributed by atoms with Crippen LogP contribution >= 0.6 is 10.6 Å².